The molecule has 1 aromatic rings. The Labute approximate surface area is 160 Å². The maximum absolute atomic E-state index is 11.3. The van der Waals surface area contributed by atoms with Crippen LogP contribution in [0, 0.1) is 16.7 Å². The number of rotatable bonds is 5. The zero-order chi connectivity index (χ0) is 19.8. The van der Waals surface area contributed by atoms with Crippen LogP contribution in [0.1, 0.15) is 52.5 Å². The molecule has 6 heteroatoms. The van der Waals surface area contributed by atoms with Crippen LogP contribution in [-0.2, 0) is 4.79 Å². The summed E-state index contributed by atoms with van der Waals surface area (Å²) in [6.07, 6.45) is 5.16. The highest BCUT2D eigenvalue weighted by Crippen LogP contribution is 2.64. The minimum atomic E-state index is -0.438. The molecule has 2 fully saturated rings. The number of hydrogen-bond acceptors (Lipinski definition) is 6. The first-order chi connectivity index (χ1) is 12.7. The van der Waals surface area contributed by atoms with Crippen molar-refractivity contribution in [3.05, 3.63) is 17.7 Å². The number of benzene rings is 1. The molecule has 0 saturated heterocycles. The van der Waals surface area contributed by atoms with Gasteiger partial charge in [0.1, 0.15) is 0 Å². The lowest BCUT2D eigenvalue weighted by atomic mass is 9.70. The van der Waals surface area contributed by atoms with Crippen LogP contribution in [0.4, 0.5) is 0 Å². The molecule has 0 aliphatic heterocycles. The van der Waals surface area contributed by atoms with Gasteiger partial charge in [0.05, 0.1) is 20.4 Å². The van der Waals surface area contributed by atoms with E-state index in [0.29, 0.717) is 17.4 Å². The third-order valence-electron chi connectivity index (χ3n) is 6.63. The summed E-state index contributed by atoms with van der Waals surface area (Å²) in [5, 5.41) is 8.91. The van der Waals surface area contributed by atoms with E-state index in [0.717, 1.165) is 12.0 Å². The number of carbonyl (C=O) groups excluding carboxylic acids is 1. The molecule has 0 radical (unpaired) electrons. The Balaban J connectivity index is 1.87. The van der Waals surface area contributed by atoms with Gasteiger partial charge in [-0.25, -0.2) is 0 Å². The van der Waals surface area contributed by atoms with Gasteiger partial charge in [0, 0.05) is 23.6 Å². The lowest BCUT2D eigenvalue weighted by molar-refractivity contribution is -0.132. The second-order valence-corrected chi connectivity index (χ2v) is 8.13. The van der Waals surface area contributed by atoms with Crippen molar-refractivity contribution in [1.82, 2.24) is 0 Å². The summed E-state index contributed by atoms with van der Waals surface area (Å²) < 4.78 is 15.9. The number of fused-ring (bicyclic) bond motifs is 2. The van der Waals surface area contributed by atoms with Gasteiger partial charge in [-0.1, -0.05) is 20.8 Å². The predicted octanol–water partition coefficient (Wildman–Crippen LogP) is 4.25. The van der Waals surface area contributed by atoms with Crippen molar-refractivity contribution in [3.8, 4) is 17.2 Å². The number of hydrogen-bond donors (Lipinski definition) is 0. The van der Waals surface area contributed by atoms with Crippen LogP contribution in [0.25, 0.3) is 0 Å². The molecule has 1 aromatic carbocycles. The molecule has 0 N–H and O–H groups in total. The maximum Gasteiger partial charge on any atom is 0.308 e. The van der Waals surface area contributed by atoms with Crippen LogP contribution in [0.3, 0.4) is 0 Å². The molecule has 0 heterocycles. The average molecular weight is 372 g/mol. The fourth-order valence-electron chi connectivity index (χ4n) is 4.46. The third kappa shape index (κ3) is 3.22. The van der Waals surface area contributed by atoms with E-state index in [2.05, 4.69) is 31.0 Å². The number of nitrogens with zero attached hydrogens (tertiary/aromatic N) is 2. The summed E-state index contributed by atoms with van der Waals surface area (Å²) in [5.74, 6) is 1.34. The van der Waals surface area contributed by atoms with Crippen LogP contribution in [-0.4, -0.2) is 32.1 Å². The zero-order valence-electron chi connectivity index (χ0n) is 17.0. The van der Waals surface area contributed by atoms with Crippen molar-refractivity contribution in [2.45, 2.75) is 47.0 Å². The van der Waals surface area contributed by atoms with Crippen LogP contribution >= 0.6 is 0 Å². The zero-order valence-corrected chi connectivity index (χ0v) is 17.0. The van der Waals surface area contributed by atoms with Gasteiger partial charge in [0.15, 0.2) is 11.5 Å². The molecule has 2 atom stereocenters. The smallest absolute Gasteiger partial charge is 0.308 e. The van der Waals surface area contributed by atoms with Crippen molar-refractivity contribution in [2.75, 3.05) is 14.2 Å². The van der Waals surface area contributed by atoms with Crippen molar-refractivity contribution in [3.63, 3.8) is 0 Å². The highest BCUT2D eigenvalue weighted by molar-refractivity contribution is 5.95. The van der Waals surface area contributed by atoms with Gasteiger partial charge in [-0.05, 0) is 42.7 Å². The molecule has 146 valence electrons. The highest BCUT2D eigenvalue weighted by Gasteiger charge is 2.59. The van der Waals surface area contributed by atoms with E-state index in [9.17, 15) is 4.79 Å². The van der Waals surface area contributed by atoms with E-state index in [1.807, 2.05) is 0 Å². The molecule has 0 amide bonds. The minimum absolute atomic E-state index is 0.129. The molecule has 3 rings (SSSR count). The minimum Gasteiger partial charge on any atom is -0.493 e. The first kappa shape index (κ1) is 19.4. The Morgan fingerprint density at radius 3 is 2.26 bits per heavy atom. The van der Waals surface area contributed by atoms with Gasteiger partial charge in [-0.2, -0.15) is 10.2 Å². The lowest BCUT2D eigenvalue weighted by Gasteiger charge is -2.34. The normalized spacial score (nSPS) is 27.3. The standard InChI is InChI=1S/C21H28N2O4/c1-13(24)27-19-16(25-5)9-14(10-17(19)26-6)12-22-23-18-11-15-7-8-21(18,4)20(15,2)3/h9-10,12,15H,7-8,11H2,1-6H3/b22-12-,23-18-/t15-,21+/m1/s1. The maximum atomic E-state index is 11.3. The molecule has 2 aliphatic carbocycles. The molecule has 0 unspecified atom stereocenters. The Morgan fingerprint density at radius 2 is 1.81 bits per heavy atom. The molecule has 0 spiro atoms. The van der Waals surface area contributed by atoms with Gasteiger partial charge in [-0.15, -0.1) is 0 Å². The van der Waals surface area contributed by atoms with E-state index in [1.54, 1.807) is 18.3 Å². The SMILES string of the molecule is COc1cc(/C=N\N=C2\C[C@H]3CC[C@]2(C)C3(C)C)cc(OC)c1OC(C)=O. The summed E-state index contributed by atoms with van der Waals surface area (Å²) in [4.78, 5) is 11.3. The summed E-state index contributed by atoms with van der Waals surface area (Å²) in [6, 6.07) is 3.49. The van der Waals surface area contributed by atoms with Crippen LogP contribution in [0.2, 0.25) is 0 Å². The average Bonchev–Trinajstić information content (AvgIpc) is 2.95. The molecule has 2 bridgehead atoms. The quantitative estimate of drug-likeness (QED) is 0.335. The van der Waals surface area contributed by atoms with Crippen molar-refractivity contribution >= 4 is 17.9 Å². The molecule has 2 saturated carbocycles. The number of methoxy groups -OCH3 is 2. The van der Waals surface area contributed by atoms with Gasteiger partial charge >= 0.3 is 5.97 Å². The molecule has 6 nitrogen and oxygen atoms in total. The Morgan fingerprint density at radius 1 is 1.19 bits per heavy atom. The summed E-state index contributed by atoms with van der Waals surface area (Å²) in [6.45, 7) is 8.34. The first-order valence-corrected chi connectivity index (χ1v) is 9.27. The van der Waals surface area contributed by atoms with Crippen LogP contribution in [0.5, 0.6) is 17.2 Å². The molecule has 2 aliphatic rings. The largest absolute Gasteiger partial charge is 0.493 e. The van der Waals surface area contributed by atoms with Crippen molar-refractivity contribution in [1.29, 1.82) is 0 Å². The molecular formula is C21H28N2O4. The number of esters is 1. The predicted molar refractivity (Wildman–Crippen MR) is 105 cm³/mol. The fraction of sp³-hybridized carbons (Fsp3) is 0.571. The first-order valence-electron chi connectivity index (χ1n) is 9.27. The van der Waals surface area contributed by atoms with E-state index < -0.39 is 5.97 Å². The van der Waals surface area contributed by atoms with E-state index in [1.165, 1.54) is 39.7 Å². The second-order valence-electron chi connectivity index (χ2n) is 8.13. The Bertz CT molecular complexity index is 787. The molecular weight excluding hydrogens is 344 g/mol. The van der Waals surface area contributed by atoms with Crippen molar-refractivity contribution in [2.24, 2.45) is 27.0 Å². The van der Waals surface area contributed by atoms with Crippen LogP contribution < -0.4 is 14.2 Å². The lowest BCUT2D eigenvalue weighted by Crippen LogP contribution is -2.32. The van der Waals surface area contributed by atoms with Gasteiger partial charge in [0.25, 0.3) is 0 Å². The molecule has 27 heavy (non-hydrogen) atoms. The third-order valence-corrected chi connectivity index (χ3v) is 6.63. The van der Waals surface area contributed by atoms with E-state index in [4.69, 9.17) is 14.2 Å². The Kier molecular flexibility index (Phi) is 5.02. The van der Waals surface area contributed by atoms with Crippen LogP contribution in [0.15, 0.2) is 22.3 Å². The molecule has 0 aromatic heterocycles. The van der Waals surface area contributed by atoms with Gasteiger partial charge < -0.3 is 14.2 Å². The summed E-state index contributed by atoms with van der Waals surface area (Å²) in [7, 11) is 3.03. The number of carbonyl (C=O) groups is 1. The second kappa shape index (κ2) is 6.98. The number of ether oxygens (including phenoxy) is 3. The summed E-state index contributed by atoms with van der Waals surface area (Å²) >= 11 is 0. The van der Waals surface area contributed by atoms with E-state index >= 15 is 0 Å². The van der Waals surface area contributed by atoms with Crippen molar-refractivity contribution < 1.29 is 19.0 Å². The van der Waals surface area contributed by atoms with Gasteiger partial charge in [-0.3, -0.25) is 4.79 Å². The summed E-state index contributed by atoms with van der Waals surface area (Å²) in [5.41, 5.74) is 2.36. The van der Waals surface area contributed by atoms with E-state index in [-0.39, 0.29) is 16.6 Å². The highest BCUT2D eigenvalue weighted by atomic mass is 16.6. The fourth-order valence-corrected chi connectivity index (χ4v) is 4.46. The Hall–Kier alpha value is -2.37. The topological polar surface area (TPSA) is 69.5 Å². The monoisotopic (exact) mass is 372 g/mol. The van der Waals surface area contributed by atoms with Gasteiger partial charge in [0.2, 0.25) is 5.75 Å².